The molecule has 162 valence electrons. The van der Waals surface area contributed by atoms with Crippen molar-refractivity contribution in [1.82, 2.24) is 16.0 Å². The van der Waals surface area contributed by atoms with Gasteiger partial charge in [-0.2, -0.15) is 0 Å². The maximum atomic E-state index is 11.7. The van der Waals surface area contributed by atoms with E-state index in [1.165, 1.54) is 0 Å². The van der Waals surface area contributed by atoms with Crippen molar-refractivity contribution in [2.45, 2.75) is 45.6 Å². The van der Waals surface area contributed by atoms with Crippen molar-refractivity contribution in [2.24, 2.45) is 4.99 Å². The lowest BCUT2D eigenvalue weighted by Gasteiger charge is -2.28. The molecule has 0 bridgehead atoms. The van der Waals surface area contributed by atoms with Gasteiger partial charge < -0.3 is 30.2 Å². The second-order valence-electron chi connectivity index (χ2n) is 8.52. The number of nitrogens with zero attached hydrogens (tertiary/aromatic N) is 1. The normalized spacial score (nSPS) is 14.2. The fraction of sp³-hybridized carbons (Fsp3) is 0.619. The molecular formula is C21H34N4O4. The molecule has 1 aliphatic heterocycles. The number of guanidine groups is 1. The van der Waals surface area contributed by atoms with Crippen LogP contribution < -0.4 is 25.4 Å². The summed E-state index contributed by atoms with van der Waals surface area (Å²) in [7, 11) is 1.72. The molecule has 2 rings (SSSR count). The van der Waals surface area contributed by atoms with Crippen molar-refractivity contribution < 1.29 is 19.0 Å². The van der Waals surface area contributed by atoms with Gasteiger partial charge in [0.15, 0.2) is 17.5 Å². The Hall–Kier alpha value is -2.64. The molecule has 0 aliphatic carbocycles. The number of ether oxygens (including phenoxy) is 3. The van der Waals surface area contributed by atoms with Gasteiger partial charge in [-0.25, -0.2) is 4.79 Å². The van der Waals surface area contributed by atoms with Crippen LogP contribution in [0.3, 0.4) is 0 Å². The molecule has 0 unspecified atom stereocenters. The van der Waals surface area contributed by atoms with E-state index in [1.54, 1.807) is 7.05 Å². The fourth-order valence-corrected chi connectivity index (χ4v) is 2.75. The molecule has 0 atom stereocenters. The number of carbonyl (C=O) groups excluding carboxylic acids is 1. The molecule has 0 spiro atoms. The molecule has 3 N–H and O–H groups in total. The van der Waals surface area contributed by atoms with Gasteiger partial charge in [-0.05, 0) is 38.5 Å². The van der Waals surface area contributed by atoms with Gasteiger partial charge in [0.1, 0.15) is 18.8 Å². The van der Waals surface area contributed by atoms with Crippen LogP contribution in [0.4, 0.5) is 4.79 Å². The van der Waals surface area contributed by atoms with Crippen LogP contribution in [0.25, 0.3) is 0 Å². The fourth-order valence-electron chi connectivity index (χ4n) is 2.75. The van der Waals surface area contributed by atoms with Gasteiger partial charge in [-0.3, -0.25) is 4.99 Å². The maximum Gasteiger partial charge on any atom is 0.407 e. The van der Waals surface area contributed by atoms with E-state index < -0.39 is 11.7 Å². The van der Waals surface area contributed by atoms with E-state index in [1.807, 2.05) is 32.9 Å². The number of benzene rings is 1. The molecule has 1 aromatic carbocycles. The first-order valence-electron chi connectivity index (χ1n) is 9.92. The van der Waals surface area contributed by atoms with E-state index in [9.17, 15) is 4.79 Å². The van der Waals surface area contributed by atoms with Crippen molar-refractivity contribution in [1.29, 1.82) is 0 Å². The van der Waals surface area contributed by atoms with E-state index in [4.69, 9.17) is 14.2 Å². The topological polar surface area (TPSA) is 93.2 Å². The zero-order valence-corrected chi connectivity index (χ0v) is 18.3. The molecule has 1 aromatic rings. The third-order valence-corrected chi connectivity index (χ3v) is 4.33. The van der Waals surface area contributed by atoms with Crippen LogP contribution in [-0.4, -0.2) is 57.5 Å². The standard InChI is InChI=1S/C21H34N4O4/c1-20(2,3)29-19(26)24-10-9-23-18(22-6)25-14-21(4,5)15-7-8-16-17(13-15)28-12-11-27-16/h7-8,13H,9-12,14H2,1-6H3,(H,24,26)(H2,22,23,25). The van der Waals surface area contributed by atoms with E-state index >= 15 is 0 Å². The molecule has 0 radical (unpaired) electrons. The lowest BCUT2D eigenvalue weighted by atomic mass is 9.84. The Morgan fingerprint density at radius 2 is 1.69 bits per heavy atom. The summed E-state index contributed by atoms with van der Waals surface area (Å²) in [5.74, 6) is 2.25. The molecule has 0 saturated carbocycles. The number of hydrogen-bond donors (Lipinski definition) is 3. The largest absolute Gasteiger partial charge is 0.486 e. The first kappa shape index (κ1) is 22.6. The van der Waals surface area contributed by atoms with Crippen LogP contribution in [0.15, 0.2) is 23.2 Å². The van der Waals surface area contributed by atoms with Crippen LogP contribution in [-0.2, 0) is 10.2 Å². The molecule has 0 saturated heterocycles. The Kier molecular flexibility index (Phi) is 7.59. The Morgan fingerprint density at radius 3 is 2.34 bits per heavy atom. The van der Waals surface area contributed by atoms with E-state index in [-0.39, 0.29) is 5.41 Å². The summed E-state index contributed by atoms with van der Waals surface area (Å²) in [5, 5.41) is 9.24. The molecule has 29 heavy (non-hydrogen) atoms. The lowest BCUT2D eigenvalue weighted by molar-refractivity contribution is 0.0529. The number of fused-ring (bicyclic) bond motifs is 1. The summed E-state index contributed by atoms with van der Waals surface area (Å²) in [6, 6.07) is 6.06. The molecule has 0 fully saturated rings. The summed E-state index contributed by atoms with van der Waals surface area (Å²) in [5.41, 5.74) is 0.493. The molecule has 1 heterocycles. The molecular weight excluding hydrogens is 372 g/mol. The first-order valence-corrected chi connectivity index (χ1v) is 9.92. The minimum atomic E-state index is -0.505. The van der Waals surface area contributed by atoms with Gasteiger partial charge in [0.2, 0.25) is 0 Å². The lowest BCUT2D eigenvalue weighted by Crippen LogP contribution is -2.45. The number of alkyl carbamates (subject to hydrolysis) is 1. The minimum Gasteiger partial charge on any atom is -0.486 e. The number of aliphatic imine (C=N–C) groups is 1. The molecule has 1 aliphatic rings. The summed E-state index contributed by atoms with van der Waals surface area (Å²) >= 11 is 0. The number of carbonyl (C=O) groups is 1. The summed E-state index contributed by atoms with van der Waals surface area (Å²) in [6.45, 7) is 12.6. The Bertz CT molecular complexity index is 726. The Labute approximate surface area is 173 Å². The predicted octanol–water partition coefficient (Wildman–Crippen LogP) is 2.43. The van der Waals surface area contributed by atoms with Crippen LogP contribution in [0.5, 0.6) is 11.5 Å². The number of amides is 1. The third kappa shape index (κ3) is 7.36. The monoisotopic (exact) mass is 406 g/mol. The van der Waals surface area contributed by atoms with Crippen molar-refractivity contribution >= 4 is 12.1 Å². The highest BCUT2D eigenvalue weighted by Gasteiger charge is 2.24. The van der Waals surface area contributed by atoms with E-state index in [0.717, 1.165) is 17.1 Å². The number of hydrogen-bond acceptors (Lipinski definition) is 5. The highest BCUT2D eigenvalue weighted by Crippen LogP contribution is 2.34. The summed E-state index contributed by atoms with van der Waals surface area (Å²) in [6.07, 6.45) is -0.429. The van der Waals surface area contributed by atoms with Crippen LogP contribution in [0.2, 0.25) is 0 Å². The SMILES string of the molecule is CN=C(NCCNC(=O)OC(C)(C)C)NCC(C)(C)c1ccc2c(c1)OCCO2. The average Bonchev–Trinajstić information content (AvgIpc) is 2.65. The highest BCUT2D eigenvalue weighted by molar-refractivity contribution is 5.79. The third-order valence-electron chi connectivity index (χ3n) is 4.33. The zero-order valence-electron chi connectivity index (χ0n) is 18.3. The van der Waals surface area contributed by atoms with Crippen LogP contribution in [0, 0.1) is 0 Å². The van der Waals surface area contributed by atoms with Crippen molar-refractivity contribution in [3.63, 3.8) is 0 Å². The molecule has 0 aromatic heterocycles. The van der Waals surface area contributed by atoms with Gasteiger partial charge in [-0.1, -0.05) is 19.9 Å². The summed E-state index contributed by atoms with van der Waals surface area (Å²) in [4.78, 5) is 15.9. The van der Waals surface area contributed by atoms with Gasteiger partial charge in [0, 0.05) is 32.1 Å². The second-order valence-corrected chi connectivity index (χ2v) is 8.52. The van der Waals surface area contributed by atoms with Gasteiger partial charge >= 0.3 is 6.09 Å². The van der Waals surface area contributed by atoms with E-state index in [0.29, 0.717) is 38.8 Å². The van der Waals surface area contributed by atoms with Gasteiger partial charge in [0.25, 0.3) is 0 Å². The quantitative estimate of drug-likeness (QED) is 0.382. The second kappa shape index (κ2) is 9.71. The Balaban J connectivity index is 1.80. The van der Waals surface area contributed by atoms with Crippen molar-refractivity contribution in [2.75, 3.05) is 39.9 Å². The first-order chi connectivity index (χ1) is 13.6. The number of nitrogens with one attached hydrogen (secondary N) is 3. The molecule has 8 heteroatoms. The predicted molar refractivity (Wildman–Crippen MR) is 114 cm³/mol. The van der Waals surface area contributed by atoms with Gasteiger partial charge in [0.05, 0.1) is 0 Å². The van der Waals surface area contributed by atoms with Crippen molar-refractivity contribution in [3.05, 3.63) is 23.8 Å². The minimum absolute atomic E-state index is 0.151. The maximum absolute atomic E-state index is 11.7. The smallest absolute Gasteiger partial charge is 0.407 e. The number of rotatable bonds is 6. The summed E-state index contributed by atoms with van der Waals surface area (Å²) < 4.78 is 16.5. The molecule has 8 nitrogen and oxygen atoms in total. The molecule has 1 amide bonds. The van der Waals surface area contributed by atoms with E-state index in [2.05, 4.69) is 40.9 Å². The Morgan fingerprint density at radius 1 is 1.03 bits per heavy atom. The van der Waals surface area contributed by atoms with Crippen LogP contribution in [0.1, 0.15) is 40.2 Å². The zero-order chi connectivity index (χ0) is 21.5. The highest BCUT2D eigenvalue weighted by atomic mass is 16.6. The van der Waals surface area contributed by atoms with Crippen molar-refractivity contribution in [3.8, 4) is 11.5 Å². The van der Waals surface area contributed by atoms with Gasteiger partial charge in [-0.15, -0.1) is 0 Å². The van der Waals surface area contributed by atoms with Crippen LogP contribution >= 0.6 is 0 Å². The average molecular weight is 407 g/mol.